The average molecular weight is 795 g/mol. The van der Waals surface area contributed by atoms with Crippen molar-refractivity contribution in [3.05, 3.63) is 60.7 Å². The van der Waals surface area contributed by atoms with E-state index in [4.69, 9.17) is 39.4 Å². The number of nitrogens with one attached hydrogen (secondary N) is 4. The van der Waals surface area contributed by atoms with Crippen LogP contribution in [0.3, 0.4) is 0 Å². The number of benzene rings is 2. The molecule has 2 aromatic carbocycles. The van der Waals surface area contributed by atoms with E-state index in [2.05, 4.69) is 21.3 Å². The lowest BCUT2D eigenvalue weighted by molar-refractivity contribution is -0.134. The van der Waals surface area contributed by atoms with E-state index in [0.29, 0.717) is 116 Å². The number of nitrogens with zero attached hydrogens (tertiary/aromatic N) is 2. The first-order valence-corrected chi connectivity index (χ1v) is 17.9. The second-order valence-corrected chi connectivity index (χ2v) is 12.0. The lowest BCUT2D eigenvalue weighted by Gasteiger charge is -2.27. The molecule has 2 atom stereocenters. The monoisotopic (exact) mass is 794 g/mol. The standard InChI is InChI=1S/2C16H25N3O5.C4H4O4/c2*20-13-1-3-15(4-2-13)24-12-14(21)11-17-5-6-18-16(22)19-7-9-23-10-8-19;5-3(6)1-2-4(7)8/h2*1-4,14,17,20-21H,5-12H2,(H,18,22);1-2H,(H,5,6)(H,7,8)/b;;2-1+. The number of carbonyl (C=O) groups is 4. The second-order valence-electron chi connectivity index (χ2n) is 12.0. The summed E-state index contributed by atoms with van der Waals surface area (Å²) in [6, 6.07) is 12.5. The first-order valence-electron chi connectivity index (χ1n) is 17.9. The number of rotatable bonds is 18. The summed E-state index contributed by atoms with van der Waals surface area (Å²) in [4.78, 5) is 46.2. The summed E-state index contributed by atoms with van der Waals surface area (Å²) in [5, 5.41) is 65.4. The van der Waals surface area contributed by atoms with Gasteiger partial charge in [0.25, 0.3) is 0 Å². The van der Waals surface area contributed by atoms with Crippen LogP contribution >= 0.6 is 0 Å². The molecule has 4 rings (SSSR count). The Morgan fingerprint density at radius 3 is 1.27 bits per heavy atom. The van der Waals surface area contributed by atoms with Crippen LogP contribution in [0.1, 0.15) is 0 Å². The zero-order valence-electron chi connectivity index (χ0n) is 31.1. The van der Waals surface area contributed by atoms with Gasteiger partial charge in [0, 0.05) is 77.6 Å². The Bertz CT molecular complexity index is 1330. The van der Waals surface area contributed by atoms with Crippen molar-refractivity contribution in [2.24, 2.45) is 0 Å². The minimum absolute atomic E-state index is 0.0867. The van der Waals surface area contributed by atoms with Crippen molar-refractivity contribution < 1.29 is 68.8 Å². The number of morpholine rings is 2. The van der Waals surface area contributed by atoms with Crippen molar-refractivity contribution in [3.63, 3.8) is 0 Å². The predicted molar refractivity (Wildman–Crippen MR) is 201 cm³/mol. The third-order valence-corrected chi connectivity index (χ3v) is 7.44. The number of carboxylic acids is 2. The second kappa shape index (κ2) is 28.1. The van der Waals surface area contributed by atoms with Crippen LogP contribution in [0.25, 0.3) is 0 Å². The van der Waals surface area contributed by atoms with Gasteiger partial charge in [-0.3, -0.25) is 0 Å². The summed E-state index contributed by atoms with van der Waals surface area (Å²) in [5.41, 5.74) is 0. The number of aliphatic hydroxyl groups excluding tert-OH is 2. The number of carboxylic acid groups (broad SMARTS) is 2. The number of carbonyl (C=O) groups excluding carboxylic acids is 2. The number of phenolic OH excluding ortho intramolecular Hbond substituents is 2. The highest BCUT2D eigenvalue weighted by Gasteiger charge is 2.17. The minimum atomic E-state index is -1.26. The Hall–Kier alpha value is -5.38. The molecule has 2 aromatic rings. The summed E-state index contributed by atoms with van der Waals surface area (Å²) in [7, 11) is 0. The van der Waals surface area contributed by atoms with Crippen LogP contribution < -0.4 is 30.7 Å². The normalized spacial score (nSPS) is 14.9. The Labute approximate surface area is 324 Å². The van der Waals surface area contributed by atoms with Crippen LogP contribution in [0.2, 0.25) is 0 Å². The molecule has 2 heterocycles. The maximum atomic E-state index is 11.8. The van der Waals surface area contributed by atoms with Crippen molar-refractivity contribution >= 4 is 24.0 Å². The van der Waals surface area contributed by atoms with Crippen molar-refractivity contribution in [3.8, 4) is 23.0 Å². The molecular weight excluding hydrogens is 740 g/mol. The van der Waals surface area contributed by atoms with Gasteiger partial charge in [0.05, 0.1) is 26.4 Å². The van der Waals surface area contributed by atoms with Gasteiger partial charge in [-0.2, -0.15) is 0 Å². The number of aliphatic hydroxyl groups is 2. The Kier molecular flexibility index (Phi) is 23.5. The molecule has 2 fully saturated rings. The van der Waals surface area contributed by atoms with Gasteiger partial charge in [-0.1, -0.05) is 0 Å². The summed E-state index contributed by atoms with van der Waals surface area (Å²) >= 11 is 0. The van der Waals surface area contributed by atoms with E-state index in [0.717, 1.165) is 0 Å². The highest BCUT2D eigenvalue weighted by molar-refractivity contribution is 5.89. The summed E-state index contributed by atoms with van der Waals surface area (Å²) in [6.07, 6.45) is -0.201. The topological polar surface area (TPSA) is 281 Å². The van der Waals surface area contributed by atoms with Crippen LogP contribution in [-0.4, -0.2) is 182 Å². The third-order valence-electron chi connectivity index (χ3n) is 7.44. The van der Waals surface area contributed by atoms with Crippen molar-refractivity contribution in [2.75, 3.05) is 105 Å². The maximum Gasteiger partial charge on any atom is 0.328 e. The van der Waals surface area contributed by atoms with Crippen molar-refractivity contribution in [1.82, 2.24) is 31.1 Å². The molecule has 0 aliphatic carbocycles. The number of aliphatic carboxylic acids is 2. The van der Waals surface area contributed by atoms with Gasteiger partial charge in [0.15, 0.2) is 0 Å². The van der Waals surface area contributed by atoms with E-state index < -0.39 is 24.1 Å². The summed E-state index contributed by atoms with van der Waals surface area (Å²) in [5.74, 6) is -0.999. The largest absolute Gasteiger partial charge is 0.508 e. The van der Waals surface area contributed by atoms with Crippen LogP contribution in [0.4, 0.5) is 9.59 Å². The smallest absolute Gasteiger partial charge is 0.328 e. The molecule has 56 heavy (non-hydrogen) atoms. The van der Waals surface area contributed by atoms with E-state index in [1.807, 2.05) is 0 Å². The highest BCUT2D eigenvalue weighted by atomic mass is 16.5. The molecule has 2 unspecified atom stereocenters. The zero-order chi connectivity index (χ0) is 41.0. The average Bonchev–Trinajstić information content (AvgIpc) is 3.20. The number of phenols is 2. The van der Waals surface area contributed by atoms with E-state index >= 15 is 0 Å². The number of ether oxygens (including phenoxy) is 4. The molecule has 0 radical (unpaired) electrons. The third kappa shape index (κ3) is 22.7. The molecule has 0 spiro atoms. The zero-order valence-corrected chi connectivity index (χ0v) is 31.1. The number of aromatic hydroxyl groups is 2. The number of amides is 4. The Morgan fingerprint density at radius 2 is 0.946 bits per heavy atom. The number of hydrogen-bond acceptors (Lipinski definition) is 14. The van der Waals surface area contributed by atoms with E-state index in [9.17, 15) is 29.4 Å². The molecule has 20 nitrogen and oxygen atoms in total. The van der Waals surface area contributed by atoms with Gasteiger partial charge < -0.3 is 80.7 Å². The quantitative estimate of drug-likeness (QED) is 0.0656. The first kappa shape index (κ1) is 46.8. The number of hydrogen-bond donors (Lipinski definition) is 10. The molecule has 2 aliphatic heterocycles. The fourth-order valence-electron chi connectivity index (χ4n) is 4.54. The van der Waals surface area contributed by atoms with Gasteiger partial charge in [-0.05, 0) is 48.5 Å². The van der Waals surface area contributed by atoms with E-state index in [-0.39, 0.29) is 36.8 Å². The van der Waals surface area contributed by atoms with Crippen molar-refractivity contribution in [1.29, 1.82) is 0 Å². The van der Waals surface area contributed by atoms with Gasteiger partial charge in [0.1, 0.15) is 48.4 Å². The van der Waals surface area contributed by atoms with E-state index in [1.54, 1.807) is 34.1 Å². The fourth-order valence-corrected chi connectivity index (χ4v) is 4.54. The molecule has 0 aromatic heterocycles. The van der Waals surface area contributed by atoms with Crippen LogP contribution in [0.15, 0.2) is 60.7 Å². The van der Waals surface area contributed by atoms with Crippen LogP contribution in [0.5, 0.6) is 23.0 Å². The minimum Gasteiger partial charge on any atom is -0.508 e. The fraction of sp³-hybridized carbons (Fsp3) is 0.500. The van der Waals surface area contributed by atoms with Gasteiger partial charge in [-0.15, -0.1) is 0 Å². The van der Waals surface area contributed by atoms with E-state index in [1.165, 1.54) is 24.3 Å². The van der Waals surface area contributed by atoms with Crippen molar-refractivity contribution in [2.45, 2.75) is 12.2 Å². The maximum absolute atomic E-state index is 11.8. The number of urea groups is 2. The van der Waals surface area contributed by atoms with Gasteiger partial charge in [0.2, 0.25) is 0 Å². The lowest BCUT2D eigenvalue weighted by atomic mass is 10.3. The molecule has 10 N–H and O–H groups in total. The van der Waals surface area contributed by atoms with Gasteiger partial charge >= 0.3 is 24.0 Å². The first-order chi connectivity index (χ1) is 26.9. The molecule has 312 valence electrons. The molecule has 2 aliphatic rings. The molecule has 20 heteroatoms. The van der Waals surface area contributed by atoms with Gasteiger partial charge in [-0.25, -0.2) is 19.2 Å². The molecule has 0 bridgehead atoms. The summed E-state index contributed by atoms with van der Waals surface area (Å²) in [6.45, 7) is 7.93. The predicted octanol–water partition coefficient (Wildman–Crippen LogP) is -0.762. The SMILES string of the molecule is O=C(NCCNCC(O)COc1ccc(O)cc1)N1CCOCC1.O=C(NCCNCC(O)COc1ccc(O)cc1)N1CCOCC1.O=C(O)/C=C/C(=O)O. The molecular formula is C36H54N6O14. The highest BCUT2D eigenvalue weighted by Crippen LogP contribution is 2.16. The Balaban J connectivity index is 0.000000325. The van der Waals surface area contributed by atoms with Crippen LogP contribution in [0, 0.1) is 0 Å². The van der Waals surface area contributed by atoms with Crippen LogP contribution in [-0.2, 0) is 19.1 Å². The Morgan fingerprint density at radius 1 is 0.607 bits per heavy atom. The molecule has 2 saturated heterocycles. The molecule has 4 amide bonds. The lowest BCUT2D eigenvalue weighted by Crippen LogP contribution is -2.47. The summed E-state index contributed by atoms with van der Waals surface area (Å²) < 4.78 is 21.2. The molecule has 0 saturated carbocycles.